The van der Waals surface area contributed by atoms with Crippen molar-refractivity contribution >= 4 is 23.4 Å². The lowest BCUT2D eigenvalue weighted by molar-refractivity contribution is -0.149. The molecule has 46 heavy (non-hydrogen) atoms. The second-order valence-corrected chi connectivity index (χ2v) is 12.1. The summed E-state index contributed by atoms with van der Waals surface area (Å²) < 4.78 is 50.6. The number of alkyl halides is 3. The lowest BCUT2D eigenvalue weighted by Crippen LogP contribution is -2.48. The number of fused-ring (bicyclic) bond motifs is 1. The Morgan fingerprint density at radius 1 is 1.13 bits per heavy atom. The van der Waals surface area contributed by atoms with Crippen molar-refractivity contribution in [2.24, 2.45) is 5.92 Å². The number of hydrogen-bond donors (Lipinski definition) is 2. The molecule has 0 spiro atoms. The zero-order valence-corrected chi connectivity index (χ0v) is 27.0. The van der Waals surface area contributed by atoms with E-state index in [-0.39, 0.29) is 49.6 Å². The Kier molecular flexibility index (Phi) is 13.9. The molecule has 0 radical (unpaired) electrons. The van der Waals surface area contributed by atoms with Crippen LogP contribution in [-0.2, 0) is 20.7 Å². The third-order valence-corrected chi connectivity index (χ3v) is 8.04. The first kappa shape index (κ1) is 36.8. The van der Waals surface area contributed by atoms with Gasteiger partial charge in [0.1, 0.15) is 5.75 Å². The van der Waals surface area contributed by atoms with Crippen LogP contribution in [0.4, 0.5) is 18.9 Å². The van der Waals surface area contributed by atoms with Gasteiger partial charge < -0.3 is 29.7 Å². The van der Waals surface area contributed by atoms with Crippen molar-refractivity contribution in [2.45, 2.75) is 83.7 Å². The van der Waals surface area contributed by atoms with Gasteiger partial charge in [0.2, 0.25) is 11.8 Å². The predicted molar refractivity (Wildman–Crippen MR) is 169 cm³/mol. The Morgan fingerprint density at radius 3 is 2.52 bits per heavy atom. The molecule has 12 heteroatoms. The normalized spacial score (nSPS) is 20.6. The Morgan fingerprint density at radius 2 is 1.85 bits per heavy atom. The van der Waals surface area contributed by atoms with Crippen molar-refractivity contribution in [1.29, 1.82) is 0 Å². The molecule has 2 aromatic carbocycles. The fraction of sp³-hybridized carbons (Fsp3) is 0.559. The van der Waals surface area contributed by atoms with Crippen LogP contribution in [0.1, 0.15) is 68.8 Å². The van der Waals surface area contributed by atoms with Crippen molar-refractivity contribution in [2.75, 3.05) is 38.7 Å². The highest BCUT2D eigenvalue weighted by Crippen LogP contribution is 2.29. The average Bonchev–Trinajstić information content (AvgIpc) is 3.01. The number of likely N-dealkylation sites (N-methyl/N-ethyl adjacent to an activating group) is 1. The van der Waals surface area contributed by atoms with E-state index in [1.807, 2.05) is 44.2 Å². The first-order valence-corrected chi connectivity index (χ1v) is 15.8. The van der Waals surface area contributed by atoms with Gasteiger partial charge in [-0.1, -0.05) is 37.3 Å². The van der Waals surface area contributed by atoms with Crippen LogP contribution in [-0.4, -0.2) is 90.4 Å². The van der Waals surface area contributed by atoms with Crippen LogP contribution in [0, 0.1) is 5.92 Å². The number of nitrogens with zero attached hydrogens (tertiary/aromatic N) is 2. The van der Waals surface area contributed by atoms with Crippen LogP contribution < -0.4 is 10.1 Å². The van der Waals surface area contributed by atoms with E-state index >= 15 is 0 Å². The second kappa shape index (κ2) is 17.3. The van der Waals surface area contributed by atoms with Crippen LogP contribution in [0.2, 0.25) is 0 Å². The Balaban J connectivity index is 1.89. The zero-order valence-electron chi connectivity index (χ0n) is 27.0. The van der Waals surface area contributed by atoms with E-state index in [0.29, 0.717) is 30.9 Å². The fourth-order valence-corrected chi connectivity index (χ4v) is 5.26. The quantitative estimate of drug-likeness (QED) is 0.374. The number of carbonyl (C=O) groups is 3. The van der Waals surface area contributed by atoms with Gasteiger partial charge in [0.05, 0.1) is 43.3 Å². The molecule has 0 aromatic heterocycles. The summed E-state index contributed by atoms with van der Waals surface area (Å²) >= 11 is 0. The van der Waals surface area contributed by atoms with Gasteiger partial charge in [-0.2, -0.15) is 13.2 Å². The number of aliphatic hydroxyl groups excluding tert-OH is 1. The van der Waals surface area contributed by atoms with Crippen LogP contribution >= 0.6 is 0 Å². The Labute approximate surface area is 269 Å². The molecular formula is C34H46F3N3O6. The fourth-order valence-electron chi connectivity index (χ4n) is 5.26. The smallest absolute Gasteiger partial charge is 0.389 e. The van der Waals surface area contributed by atoms with Crippen molar-refractivity contribution < 1.29 is 42.1 Å². The van der Waals surface area contributed by atoms with Gasteiger partial charge in [0.15, 0.2) is 0 Å². The standard InChI is InChI=1S/C34H46F3N3O6/c1-23-20-40(24(2)22-41)33(44)28-19-27(38-31(42)18-26-11-6-5-7-12-26)13-14-29(28)46-25(3)10-8-9-17-45-30(23)21-39(4)32(43)15-16-34(35,36)37/h5-7,11-14,19,23-25,30,41H,8-10,15-18,20-22H2,1-4H3,(H,38,42)/t23-,24+,25+,30-/m0/s1. The third-order valence-electron chi connectivity index (χ3n) is 8.04. The van der Waals surface area contributed by atoms with Gasteiger partial charge in [-0.25, -0.2) is 0 Å². The summed E-state index contributed by atoms with van der Waals surface area (Å²) in [5, 5.41) is 13.0. The number of amides is 3. The Bertz CT molecular complexity index is 1290. The molecule has 1 aliphatic rings. The van der Waals surface area contributed by atoms with E-state index < -0.39 is 43.0 Å². The van der Waals surface area contributed by atoms with E-state index in [2.05, 4.69) is 5.32 Å². The molecule has 1 aliphatic heterocycles. The largest absolute Gasteiger partial charge is 0.490 e. The number of hydrogen-bond acceptors (Lipinski definition) is 6. The second-order valence-electron chi connectivity index (χ2n) is 12.1. The first-order valence-electron chi connectivity index (χ1n) is 15.8. The summed E-state index contributed by atoms with van der Waals surface area (Å²) in [6, 6.07) is 13.6. The maximum Gasteiger partial charge on any atom is 0.389 e. The van der Waals surface area contributed by atoms with E-state index in [9.17, 15) is 32.7 Å². The molecule has 0 saturated carbocycles. The minimum atomic E-state index is -4.44. The molecule has 4 atom stereocenters. The number of anilines is 1. The topological polar surface area (TPSA) is 108 Å². The van der Waals surface area contributed by atoms with Crippen LogP contribution in [0.15, 0.2) is 48.5 Å². The number of ether oxygens (including phenoxy) is 2. The summed E-state index contributed by atoms with van der Waals surface area (Å²) in [5.41, 5.74) is 1.47. The highest BCUT2D eigenvalue weighted by molar-refractivity contribution is 6.00. The molecule has 0 bridgehead atoms. The molecule has 0 saturated heterocycles. The third kappa shape index (κ3) is 11.6. The van der Waals surface area contributed by atoms with E-state index in [1.54, 1.807) is 25.1 Å². The van der Waals surface area contributed by atoms with Crippen LogP contribution in [0.5, 0.6) is 5.75 Å². The molecule has 2 aromatic rings. The van der Waals surface area contributed by atoms with Gasteiger partial charge >= 0.3 is 6.18 Å². The number of rotatable bonds is 9. The number of nitrogens with one attached hydrogen (secondary N) is 1. The van der Waals surface area contributed by atoms with Gasteiger partial charge in [0, 0.05) is 44.8 Å². The Hall–Kier alpha value is -3.64. The van der Waals surface area contributed by atoms with Gasteiger partial charge in [-0.3, -0.25) is 14.4 Å². The maximum atomic E-state index is 14.2. The van der Waals surface area contributed by atoms with E-state index in [0.717, 1.165) is 12.0 Å². The highest BCUT2D eigenvalue weighted by atomic mass is 19.4. The summed E-state index contributed by atoms with van der Waals surface area (Å²) in [7, 11) is 1.45. The van der Waals surface area contributed by atoms with Crippen molar-refractivity contribution in [3.63, 3.8) is 0 Å². The van der Waals surface area contributed by atoms with Crippen molar-refractivity contribution in [1.82, 2.24) is 9.80 Å². The number of halogens is 3. The number of carbonyl (C=O) groups excluding carboxylic acids is 3. The van der Waals surface area contributed by atoms with E-state index in [1.165, 1.54) is 16.8 Å². The maximum absolute atomic E-state index is 14.2. The monoisotopic (exact) mass is 649 g/mol. The minimum absolute atomic E-state index is 0.0427. The predicted octanol–water partition coefficient (Wildman–Crippen LogP) is 5.46. The van der Waals surface area contributed by atoms with Crippen molar-refractivity contribution in [3.8, 4) is 5.75 Å². The molecule has 254 valence electrons. The molecule has 2 N–H and O–H groups in total. The number of aliphatic hydroxyl groups is 1. The summed E-state index contributed by atoms with van der Waals surface area (Å²) in [6.45, 7) is 5.63. The van der Waals surface area contributed by atoms with Gasteiger partial charge in [-0.15, -0.1) is 0 Å². The van der Waals surface area contributed by atoms with Gasteiger partial charge in [-0.05, 0) is 56.9 Å². The summed E-state index contributed by atoms with van der Waals surface area (Å²) in [6.07, 6.45) is -4.87. The highest BCUT2D eigenvalue weighted by Gasteiger charge is 2.32. The zero-order chi connectivity index (χ0) is 33.9. The first-order chi connectivity index (χ1) is 21.8. The molecule has 3 amide bonds. The summed E-state index contributed by atoms with van der Waals surface area (Å²) in [4.78, 5) is 42.3. The molecule has 9 nitrogen and oxygen atoms in total. The molecule has 1 heterocycles. The summed E-state index contributed by atoms with van der Waals surface area (Å²) in [5.74, 6) is -1.35. The molecular weight excluding hydrogens is 603 g/mol. The van der Waals surface area contributed by atoms with E-state index in [4.69, 9.17) is 9.47 Å². The molecule has 0 fully saturated rings. The van der Waals surface area contributed by atoms with Crippen LogP contribution in [0.25, 0.3) is 0 Å². The molecule has 0 aliphatic carbocycles. The number of benzene rings is 2. The van der Waals surface area contributed by atoms with Crippen molar-refractivity contribution in [3.05, 3.63) is 59.7 Å². The lowest BCUT2D eigenvalue weighted by atomic mass is 10.0. The van der Waals surface area contributed by atoms with Gasteiger partial charge in [0.25, 0.3) is 5.91 Å². The minimum Gasteiger partial charge on any atom is -0.490 e. The lowest BCUT2D eigenvalue weighted by Gasteiger charge is -2.36. The van der Waals surface area contributed by atoms with Crippen LogP contribution in [0.3, 0.4) is 0 Å². The molecule has 0 unspecified atom stereocenters. The molecule has 3 rings (SSSR count). The average molecular weight is 650 g/mol. The SMILES string of the molecule is C[C@@H]1CCCCO[C@@H](CN(C)C(=O)CCC(F)(F)F)[C@@H](C)CN([C@H](C)CO)C(=O)c2cc(NC(=O)Cc3ccccc3)ccc2O1.